The van der Waals surface area contributed by atoms with Crippen LogP contribution in [-0.2, 0) is 13.2 Å². The quantitative estimate of drug-likeness (QED) is 0.759. The van der Waals surface area contributed by atoms with Gasteiger partial charge in [-0.05, 0) is 16.3 Å². The van der Waals surface area contributed by atoms with Gasteiger partial charge in [0.05, 0.1) is 6.07 Å². The molecule has 3 aromatic rings. The first-order valence-corrected chi connectivity index (χ1v) is 7.27. The van der Waals surface area contributed by atoms with Gasteiger partial charge in [-0.1, -0.05) is 60.7 Å². The molecule has 23 heavy (non-hydrogen) atoms. The van der Waals surface area contributed by atoms with E-state index < -0.39 is 0 Å². The Balaban J connectivity index is 1.53. The molecule has 5 heteroatoms. The molecule has 1 heterocycles. The number of aromatic nitrogens is 1. The minimum atomic E-state index is -0.323. The first-order valence-electron chi connectivity index (χ1n) is 7.27. The lowest BCUT2D eigenvalue weighted by Crippen LogP contribution is -2.22. The summed E-state index contributed by atoms with van der Waals surface area (Å²) in [6.07, 6.45) is 0. The largest absolute Gasteiger partial charge is 0.471 e. The van der Waals surface area contributed by atoms with E-state index in [1.165, 1.54) is 6.07 Å². The highest BCUT2D eigenvalue weighted by atomic mass is 16.5. The van der Waals surface area contributed by atoms with Crippen LogP contribution >= 0.6 is 0 Å². The Morgan fingerprint density at radius 3 is 2.35 bits per heavy atom. The van der Waals surface area contributed by atoms with Gasteiger partial charge in [-0.2, -0.15) is 0 Å². The highest BCUT2D eigenvalue weighted by Gasteiger charge is 2.13. The molecule has 0 saturated carbocycles. The fourth-order valence-corrected chi connectivity index (χ4v) is 2.03. The normalized spacial score (nSPS) is 10.3. The third-order valence-electron chi connectivity index (χ3n) is 3.24. The molecule has 0 atom stereocenters. The molecule has 0 unspecified atom stereocenters. The Bertz CT molecular complexity index is 754. The number of ether oxygens (including phenoxy) is 1. The standard InChI is InChI=1S/C18H16N2O3/c21-18(19-12-14-7-3-1-4-8-14)16-11-17(20-23-16)22-13-15-9-5-2-6-10-15/h1-11H,12-13H2,(H,19,21). The zero-order valence-corrected chi connectivity index (χ0v) is 12.4. The second-order valence-corrected chi connectivity index (χ2v) is 4.97. The molecule has 116 valence electrons. The van der Waals surface area contributed by atoms with Gasteiger partial charge in [0.15, 0.2) is 0 Å². The molecule has 1 N–H and O–H groups in total. The average Bonchev–Trinajstić information content (AvgIpc) is 3.09. The molecule has 3 rings (SSSR count). The van der Waals surface area contributed by atoms with E-state index in [1.54, 1.807) is 0 Å². The number of amides is 1. The number of carbonyl (C=O) groups excluding carboxylic acids is 1. The summed E-state index contributed by atoms with van der Waals surface area (Å²) < 4.78 is 10.5. The summed E-state index contributed by atoms with van der Waals surface area (Å²) in [5.74, 6) is 0.0959. The topological polar surface area (TPSA) is 64.4 Å². The zero-order valence-electron chi connectivity index (χ0n) is 12.4. The summed E-state index contributed by atoms with van der Waals surface area (Å²) >= 11 is 0. The fourth-order valence-electron chi connectivity index (χ4n) is 2.03. The third-order valence-corrected chi connectivity index (χ3v) is 3.24. The lowest BCUT2D eigenvalue weighted by molar-refractivity contribution is 0.0913. The lowest BCUT2D eigenvalue weighted by Gasteiger charge is -2.02. The summed E-state index contributed by atoms with van der Waals surface area (Å²) in [7, 11) is 0. The Kier molecular flexibility index (Phi) is 4.69. The highest BCUT2D eigenvalue weighted by Crippen LogP contribution is 2.13. The highest BCUT2D eigenvalue weighted by molar-refractivity contribution is 5.91. The molecule has 0 fully saturated rings. The van der Waals surface area contributed by atoms with Crippen molar-refractivity contribution in [2.45, 2.75) is 13.2 Å². The molecule has 2 aromatic carbocycles. The molecule has 0 radical (unpaired) electrons. The van der Waals surface area contributed by atoms with E-state index in [9.17, 15) is 4.79 Å². The Morgan fingerprint density at radius 2 is 1.65 bits per heavy atom. The van der Waals surface area contributed by atoms with Crippen molar-refractivity contribution in [2.75, 3.05) is 0 Å². The average molecular weight is 308 g/mol. The first-order chi connectivity index (χ1) is 11.3. The summed E-state index contributed by atoms with van der Waals surface area (Å²) in [5, 5.41) is 6.52. The van der Waals surface area contributed by atoms with Crippen LogP contribution in [0.15, 0.2) is 71.3 Å². The third kappa shape index (κ3) is 4.20. The van der Waals surface area contributed by atoms with Crippen LogP contribution in [0.1, 0.15) is 21.7 Å². The van der Waals surface area contributed by atoms with Crippen LogP contribution < -0.4 is 10.1 Å². The van der Waals surface area contributed by atoms with Gasteiger partial charge in [0.2, 0.25) is 5.76 Å². The molecule has 0 saturated heterocycles. The summed E-state index contributed by atoms with van der Waals surface area (Å²) in [5.41, 5.74) is 2.03. The van der Waals surface area contributed by atoms with Gasteiger partial charge in [-0.15, -0.1) is 0 Å². The smallest absolute Gasteiger partial charge is 0.290 e. The van der Waals surface area contributed by atoms with E-state index in [0.717, 1.165) is 11.1 Å². The number of nitrogens with one attached hydrogen (secondary N) is 1. The fraction of sp³-hybridized carbons (Fsp3) is 0.111. The second kappa shape index (κ2) is 7.26. The van der Waals surface area contributed by atoms with Crippen LogP contribution in [0.3, 0.4) is 0 Å². The van der Waals surface area contributed by atoms with Crippen LogP contribution in [0.5, 0.6) is 5.88 Å². The van der Waals surface area contributed by atoms with Gasteiger partial charge < -0.3 is 14.6 Å². The van der Waals surface area contributed by atoms with E-state index in [1.807, 2.05) is 60.7 Å². The SMILES string of the molecule is O=C(NCc1ccccc1)c1cc(OCc2ccccc2)no1. The monoisotopic (exact) mass is 308 g/mol. The summed E-state index contributed by atoms with van der Waals surface area (Å²) in [6.45, 7) is 0.805. The predicted molar refractivity (Wildman–Crippen MR) is 84.9 cm³/mol. The van der Waals surface area contributed by atoms with Crippen molar-refractivity contribution >= 4 is 5.91 Å². The minimum absolute atomic E-state index is 0.129. The van der Waals surface area contributed by atoms with Crippen LogP contribution in [0.2, 0.25) is 0 Å². The van der Waals surface area contributed by atoms with Crippen LogP contribution in [0.25, 0.3) is 0 Å². The van der Waals surface area contributed by atoms with Gasteiger partial charge in [-0.25, -0.2) is 0 Å². The van der Waals surface area contributed by atoms with Gasteiger partial charge in [-0.3, -0.25) is 4.79 Å². The van der Waals surface area contributed by atoms with Crippen molar-refractivity contribution in [2.24, 2.45) is 0 Å². The molecule has 0 aliphatic rings. The van der Waals surface area contributed by atoms with E-state index in [2.05, 4.69) is 10.5 Å². The van der Waals surface area contributed by atoms with E-state index in [-0.39, 0.29) is 11.7 Å². The number of carbonyl (C=O) groups is 1. The Morgan fingerprint density at radius 1 is 1.00 bits per heavy atom. The van der Waals surface area contributed by atoms with Crippen LogP contribution in [0.4, 0.5) is 0 Å². The maximum Gasteiger partial charge on any atom is 0.290 e. The predicted octanol–water partition coefficient (Wildman–Crippen LogP) is 3.18. The zero-order chi connectivity index (χ0) is 15.9. The van der Waals surface area contributed by atoms with Gasteiger partial charge in [0.25, 0.3) is 11.8 Å². The van der Waals surface area contributed by atoms with Crippen LogP contribution in [-0.4, -0.2) is 11.1 Å². The Labute approximate surface area is 133 Å². The summed E-state index contributed by atoms with van der Waals surface area (Å²) in [4.78, 5) is 12.0. The van der Waals surface area contributed by atoms with Crippen molar-refractivity contribution in [3.8, 4) is 5.88 Å². The molecule has 0 aliphatic heterocycles. The van der Waals surface area contributed by atoms with E-state index in [4.69, 9.17) is 9.26 Å². The Hall–Kier alpha value is -3.08. The molecular weight excluding hydrogens is 292 g/mol. The summed E-state index contributed by atoms with van der Waals surface area (Å²) in [6, 6.07) is 20.9. The van der Waals surface area contributed by atoms with Crippen LogP contribution in [0, 0.1) is 0 Å². The number of rotatable bonds is 6. The second-order valence-electron chi connectivity index (χ2n) is 4.97. The van der Waals surface area contributed by atoms with Crippen molar-refractivity contribution < 1.29 is 14.1 Å². The number of nitrogens with zero attached hydrogens (tertiary/aromatic N) is 1. The first kappa shape index (κ1) is 14.8. The molecule has 5 nitrogen and oxygen atoms in total. The molecule has 0 bridgehead atoms. The maximum absolute atomic E-state index is 12.0. The molecule has 1 aromatic heterocycles. The van der Waals surface area contributed by atoms with Crippen molar-refractivity contribution in [1.29, 1.82) is 0 Å². The maximum atomic E-state index is 12.0. The van der Waals surface area contributed by atoms with Gasteiger partial charge in [0, 0.05) is 6.54 Å². The lowest BCUT2D eigenvalue weighted by atomic mass is 10.2. The van der Waals surface area contributed by atoms with Crippen molar-refractivity contribution in [3.63, 3.8) is 0 Å². The van der Waals surface area contributed by atoms with Crippen molar-refractivity contribution in [3.05, 3.63) is 83.6 Å². The minimum Gasteiger partial charge on any atom is -0.471 e. The van der Waals surface area contributed by atoms with Crippen molar-refractivity contribution in [1.82, 2.24) is 10.5 Å². The molecule has 1 amide bonds. The molecule has 0 aliphatic carbocycles. The number of hydrogen-bond acceptors (Lipinski definition) is 4. The van der Waals surface area contributed by atoms with E-state index in [0.29, 0.717) is 19.0 Å². The molecule has 0 spiro atoms. The van der Waals surface area contributed by atoms with Gasteiger partial charge >= 0.3 is 0 Å². The van der Waals surface area contributed by atoms with E-state index >= 15 is 0 Å². The van der Waals surface area contributed by atoms with Gasteiger partial charge in [0.1, 0.15) is 6.61 Å². The number of benzene rings is 2. The molecular formula is C18H16N2O3. The number of hydrogen-bond donors (Lipinski definition) is 1.